The zero-order chi connectivity index (χ0) is 19.1. The highest BCUT2D eigenvalue weighted by atomic mass is 35.5. The molecule has 0 aliphatic carbocycles. The molecule has 142 valence electrons. The number of hydrogen-bond acceptors (Lipinski definition) is 2. The molecule has 1 aliphatic rings. The third kappa shape index (κ3) is 6.47. The van der Waals surface area contributed by atoms with Crippen LogP contribution in [0.25, 0.3) is 0 Å². The van der Waals surface area contributed by atoms with Gasteiger partial charge >= 0.3 is 0 Å². The van der Waals surface area contributed by atoms with Crippen molar-refractivity contribution in [2.45, 2.75) is 13.5 Å². The molecule has 5 nitrogen and oxygen atoms in total. The van der Waals surface area contributed by atoms with Crippen LogP contribution in [0.5, 0.6) is 0 Å². The summed E-state index contributed by atoms with van der Waals surface area (Å²) < 4.78 is 0. The summed E-state index contributed by atoms with van der Waals surface area (Å²) in [6.07, 6.45) is 1.69. The fourth-order valence-corrected chi connectivity index (χ4v) is 3.52. The molecule has 3 rings (SSSR count). The number of nitrogens with one attached hydrogen (secondary N) is 3. The Kier molecular flexibility index (Phi) is 6.98. The third-order valence-electron chi connectivity index (χ3n) is 4.89. The van der Waals surface area contributed by atoms with E-state index in [1.807, 2.05) is 43.3 Å². The number of hydrazone groups is 1. The fourth-order valence-electron chi connectivity index (χ4n) is 3.40. The van der Waals surface area contributed by atoms with Crippen molar-refractivity contribution < 1.29 is 14.6 Å². The summed E-state index contributed by atoms with van der Waals surface area (Å²) >= 11 is 5.94. The number of carbonyl (C=O) groups is 1. The van der Waals surface area contributed by atoms with Gasteiger partial charge in [-0.15, -0.1) is 0 Å². The van der Waals surface area contributed by atoms with Gasteiger partial charge in [-0.25, -0.2) is 5.43 Å². The molecule has 1 heterocycles. The van der Waals surface area contributed by atoms with Gasteiger partial charge in [0.25, 0.3) is 5.91 Å². The van der Waals surface area contributed by atoms with Gasteiger partial charge in [-0.05, 0) is 24.6 Å². The molecule has 2 aromatic rings. The predicted octanol–water partition coefficient (Wildman–Crippen LogP) is 0.0821. The lowest BCUT2D eigenvalue weighted by Crippen LogP contribution is -3.28. The molecule has 0 spiro atoms. The Balaban J connectivity index is 1.38. The van der Waals surface area contributed by atoms with E-state index in [1.165, 1.54) is 16.0 Å². The maximum absolute atomic E-state index is 12.1. The van der Waals surface area contributed by atoms with E-state index in [1.54, 1.807) is 11.1 Å². The Morgan fingerprint density at radius 1 is 1.11 bits per heavy atom. The van der Waals surface area contributed by atoms with Crippen LogP contribution in [0.2, 0.25) is 5.02 Å². The van der Waals surface area contributed by atoms with Gasteiger partial charge < -0.3 is 9.80 Å². The Hall–Kier alpha value is -2.21. The van der Waals surface area contributed by atoms with E-state index >= 15 is 0 Å². The maximum atomic E-state index is 12.1. The molecule has 3 N–H and O–H groups in total. The molecule has 0 saturated carbocycles. The molecule has 0 unspecified atom stereocenters. The molecule has 0 radical (unpaired) electrons. The minimum atomic E-state index is -0.0324. The van der Waals surface area contributed by atoms with Crippen molar-refractivity contribution in [2.24, 2.45) is 5.10 Å². The van der Waals surface area contributed by atoms with Gasteiger partial charge in [-0.2, -0.15) is 5.10 Å². The van der Waals surface area contributed by atoms with Crippen LogP contribution < -0.4 is 15.2 Å². The van der Waals surface area contributed by atoms with Gasteiger partial charge in [-0.1, -0.05) is 53.6 Å². The largest absolute Gasteiger partial charge is 0.322 e. The summed E-state index contributed by atoms with van der Waals surface area (Å²) in [5, 5.41) is 4.85. The van der Waals surface area contributed by atoms with E-state index in [0.29, 0.717) is 6.54 Å². The van der Waals surface area contributed by atoms with Crippen molar-refractivity contribution in [2.75, 3.05) is 32.7 Å². The number of quaternary nitrogens is 2. The van der Waals surface area contributed by atoms with Crippen LogP contribution in [0.1, 0.15) is 16.7 Å². The van der Waals surface area contributed by atoms with Crippen LogP contribution in [0.3, 0.4) is 0 Å². The molecule has 1 saturated heterocycles. The van der Waals surface area contributed by atoms with E-state index in [9.17, 15) is 4.79 Å². The molecular formula is C21H27ClN4O+2. The van der Waals surface area contributed by atoms with Gasteiger partial charge in [-0.3, -0.25) is 4.79 Å². The first-order chi connectivity index (χ1) is 13.1. The summed E-state index contributed by atoms with van der Waals surface area (Å²) in [5.41, 5.74) is 6.11. The van der Waals surface area contributed by atoms with Crippen molar-refractivity contribution in [1.82, 2.24) is 5.43 Å². The van der Waals surface area contributed by atoms with Crippen LogP contribution in [-0.2, 0) is 11.3 Å². The molecule has 0 atom stereocenters. The SMILES string of the molecule is Cc1cccc(/C=N\NC(=O)C[NH+]2CC[NH+](Cc3ccc(Cl)cc3)CC2)c1. The second-order valence-electron chi connectivity index (χ2n) is 7.19. The minimum absolute atomic E-state index is 0.0324. The van der Waals surface area contributed by atoms with Crippen LogP contribution in [-0.4, -0.2) is 44.8 Å². The Labute approximate surface area is 165 Å². The van der Waals surface area contributed by atoms with Gasteiger partial charge in [0.1, 0.15) is 32.7 Å². The average Bonchev–Trinajstić information content (AvgIpc) is 2.65. The molecule has 0 aromatic heterocycles. The lowest BCUT2D eigenvalue weighted by atomic mass is 10.2. The number of aryl methyl sites for hydroxylation is 1. The van der Waals surface area contributed by atoms with Crippen LogP contribution in [0, 0.1) is 6.92 Å². The van der Waals surface area contributed by atoms with E-state index < -0.39 is 0 Å². The van der Waals surface area contributed by atoms with E-state index in [-0.39, 0.29) is 5.91 Å². The number of nitrogens with zero attached hydrogens (tertiary/aromatic N) is 1. The molecule has 2 aromatic carbocycles. The monoisotopic (exact) mass is 386 g/mol. The minimum Gasteiger partial charge on any atom is -0.322 e. The van der Waals surface area contributed by atoms with E-state index in [2.05, 4.69) is 22.7 Å². The summed E-state index contributed by atoms with van der Waals surface area (Å²) in [6, 6.07) is 16.1. The van der Waals surface area contributed by atoms with Crippen molar-refractivity contribution in [1.29, 1.82) is 0 Å². The summed E-state index contributed by atoms with van der Waals surface area (Å²) in [7, 11) is 0. The normalized spacial score (nSPS) is 19.9. The van der Waals surface area contributed by atoms with Crippen LogP contribution in [0.15, 0.2) is 53.6 Å². The third-order valence-corrected chi connectivity index (χ3v) is 5.14. The number of halogens is 1. The van der Waals surface area contributed by atoms with Gasteiger partial charge in [0.15, 0.2) is 6.54 Å². The molecule has 1 aliphatic heterocycles. The maximum Gasteiger partial charge on any atom is 0.295 e. The van der Waals surface area contributed by atoms with Crippen LogP contribution >= 0.6 is 11.6 Å². The average molecular weight is 387 g/mol. The van der Waals surface area contributed by atoms with Crippen molar-refractivity contribution in [3.05, 3.63) is 70.2 Å². The van der Waals surface area contributed by atoms with Crippen molar-refractivity contribution >= 4 is 23.7 Å². The molecule has 0 bridgehead atoms. The van der Waals surface area contributed by atoms with Gasteiger partial charge in [0.2, 0.25) is 0 Å². The standard InChI is InChI=1S/C21H25ClN4O/c1-17-3-2-4-19(13-17)14-23-24-21(27)16-26-11-9-25(10-12-26)15-18-5-7-20(22)8-6-18/h2-8,13-14H,9-12,15-16H2,1H3,(H,24,27)/p+2/b23-14-. The van der Waals surface area contributed by atoms with Crippen LogP contribution in [0.4, 0.5) is 0 Å². The van der Waals surface area contributed by atoms with Crippen molar-refractivity contribution in [3.8, 4) is 0 Å². The predicted molar refractivity (Wildman–Crippen MR) is 108 cm³/mol. The molecule has 1 amide bonds. The topological polar surface area (TPSA) is 50.3 Å². The van der Waals surface area contributed by atoms with E-state index in [0.717, 1.165) is 43.3 Å². The first-order valence-corrected chi connectivity index (χ1v) is 9.76. The highest BCUT2D eigenvalue weighted by Gasteiger charge is 2.24. The second kappa shape index (κ2) is 9.65. The molecule has 6 heteroatoms. The zero-order valence-electron chi connectivity index (χ0n) is 15.7. The summed E-state index contributed by atoms with van der Waals surface area (Å²) in [5.74, 6) is -0.0324. The highest BCUT2D eigenvalue weighted by Crippen LogP contribution is 2.08. The highest BCUT2D eigenvalue weighted by molar-refractivity contribution is 6.30. The number of benzene rings is 2. The number of hydrogen-bond donors (Lipinski definition) is 3. The first kappa shape index (κ1) is 19.5. The molecular weight excluding hydrogens is 360 g/mol. The zero-order valence-corrected chi connectivity index (χ0v) is 16.4. The number of amides is 1. The van der Waals surface area contributed by atoms with E-state index in [4.69, 9.17) is 11.6 Å². The summed E-state index contributed by atoms with van der Waals surface area (Å²) in [6.45, 7) is 7.65. The lowest BCUT2D eigenvalue weighted by Gasteiger charge is -2.29. The quantitative estimate of drug-likeness (QED) is 0.478. The number of rotatable bonds is 6. The van der Waals surface area contributed by atoms with Gasteiger partial charge in [0, 0.05) is 10.6 Å². The molecule has 1 fully saturated rings. The Bertz CT molecular complexity index is 783. The summed E-state index contributed by atoms with van der Waals surface area (Å²) in [4.78, 5) is 15.0. The molecule has 27 heavy (non-hydrogen) atoms. The fraction of sp³-hybridized carbons (Fsp3) is 0.333. The Morgan fingerprint density at radius 3 is 2.52 bits per heavy atom. The number of carbonyl (C=O) groups excluding carboxylic acids is 1. The lowest BCUT2D eigenvalue weighted by molar-refractivity contribution is -1.02. The first-order valence-electron chi connectivity index (χ1n) is 9.38. The van der Waals surface area contributed by atoms with Gasteiger partial charge in [0.05, 0.1) is 6.21 Å². The second-order valence-corrected chi connectivity index (χ2v) is 7.62. The number of piperazine rings is 1. The Morgan fingerprint density at radius 2 is 1.81 bits per heavy atom. The smallest absolute Gasteiger partial charge is 0.295 e. The van der Waals surface area contributed by atoms with Crippen molar-refractivity contribution in [3.63, 3.8) is 0 Å².